The highest BCUT2D eigenvalue weighted by atomic mass is 35.5. The number of nitrogens with zero attached hydrogens (tertiary/aromatic N) is 1. The molecule has 0 unspecified atom stereocenters. The molecule has 0 aromatic heterocycles. The Kier molecular flexibility index (Phi) is 2.88. The average Bonchev–Trinajstić information content (AvgIpc) is 2.68. The van der Waals surface area contributed by atoms with Gasteiger partial charge >= 0.3 is 0 Å². The zero-order chi connectivity index (χ0) is 15.3. The molecule has 2 aromatic rings. The summed E-state index contributed by atoms with van der Waals surface area (Å²) in [5.41, 5.74) is 13.9. The van der Waals surface area contributed by atoms with E-state index in [0.29, 0.717) is 27.5 Å². The lowest BCUT2D eigenvalue weighted by Crippen LogP contribution is -2.30. The lowest BCUT2D eigenvalue weighted by molar-refractivity contribution is 0.0926. The van der Waals surface area contributed by atoms with E-state index in [2.05, 4.69) is 0 Å². The van der Waals surface area contributed by atoms with Gasteiger partial charge in [0.2, 0.25) is 0 Å². The van der Waals surface area contributed by atoms with Crippen molar-refractivity contribution in [2.75, 3.05) is 16.4 Å². The summed E-state index contributed by atoms with van der Waals surface area (Å²) < 4.78 is 0. The van der Waals surface area contributed by atoms with Crippen molar-refractivity contribution in [3.8, 4) is 0 Å². The zero-order valence-corrected chi connectivity index (χ0v) is 11.9. The lowest BCUT2D eigenvalue weighted by Gasteiger charge is -2.17. The molecule has 2 amide bonds. The van der Waals surface area contributed by atoms with Crippen molar-refractivity contribution in [1.82, 2.24) is 0 Å². The number of imide groups is 1. The molecule has 0 saturated heterocycles. The second-order valence-corrected chi connectivity index (χ2v) is 5.28. The molecular formula is C15H12ClN3O2. The molecule has 2 aromatic carbocycles. The van der Waals surface area contributed by atoms with E-state index in [1.54, 1.807) is 31.2 Å². The number of hydrogen-bond donors (Lipinski definition) is 2. The number of amides is 2. The average molecular weight is 302 g/mol. The van der Waals surface area contributed by atoms with Crippen LogP contribution in [0.5, 0.6) is 0 Å². The highest BCUT2D eigenvalue weighted by Crippen LogP contribution is 2.36. The Hall–Kier alpha value is -2.53. The summed E-state index contributed by atoms with van der Waals surface area (Å²) >= 11 is 6.00. The topological polar surface area (TPSA) is 89.4 Å². The van der Waals surface area contributed by atoms with E-state index in [0.717, 1.165) is 4.90 Å². The molecule has 0 bridgehead atoms. The van der Waals surface area contributed by atoms with Crippen molar-refractivity contribution in [1.29, 1.82) is 0 Å². The largest absolute Gasteiger partial charge is 0.398 e. The van der Waals surface area contributed by atoms with Crippen LogP contribution in [0, 0.1) is 6.92 Å². The van der Waals surface area contributed by atoms with E-state index in [4.69, 9.17) is 23.1 Å². The van der Waals surface area contributed by atoms with Gasteiger partial charge in [0, 0.05) is 5.69 Å². The zero-order valence-electron chi connectivity index (χ0n) is 11.2. The lowest BCUT2D eigenvalue weighted by atomic mass is 10.1. The molecule has 1 aliphatic heterocycles. The number of hydrogen-bond acceptors (Lipinski definition) is 4. The minimum atomic E-state index is -0.447. The number of carbonyl (C=O) groups is 2. The standard InChI is InChI=1S/C15H12ClN3O2/c1-7-5-11(18)9(16)6-12(7)19-14(20)8-3-2-4-10(17)13(8)15(19)21/h2-6H,17-18H2,1H3. The van der Waals surface area contributed by atoms with Gasteiger partial charge in [-0.05, 0) is 36.8 Å². The fraction of sp³-hybridized carbons (Fsp3) is 0.0667. The number of nitrogen functional groups attached to an aromatic ring is 2. The first-order valence-corrected chi connectivity index (χ1v) is 6.62. The Balaban J connectivity index is 2.19. The van der Waals surface area contributed by atoms with Crippen molar-refractivity contribution in [3.05, 3.63) is 52.0 Å². The van der Waals surface area contributed by atoms with Crippen LogP contribution < -0.4 is 16.4 Å². The minimum absolute atomic E-state index is 0.231. The molecule has 1 heterocycles. The van der Waals surface area contributed by atoms with Crippen molar-refractivity contribution in [3.63, 3.8) is 0 Å². The first kappa shape index (κ1) is 13.5. The molecule has 0 spiro atoms. The normalized spacial score (nSPS) is 13.7. The van der Waals surface area contributed by atoms with Gasteiger partial charge in [0.1, 0.15) is 0 Å². The van der Waals surface area contributed by atoms with Crippen LogP contribution in [0.3, 0.4) is 0 Å². The number of carbonyl (C=O) groups excluding carboxylic acids is 2. The minimum Gasteiger partial charge on any atom is -0.398 e. The van der Waals surface area contributed by atoms with Crippen LogP contribution in [0.15, 0.2) is 30.3 Å². The maximum atomic E-state index is 12.5. The summed E-state index contributed by atoms with van der Waals surface area (Å²) in [5, 5.41) is 0.292. The summed E-state index contributed by atoms with van der Waals surface area (Å²) in [6.07, 6.45) is 0. The van der Waals surface area contributed by atoms with E-state index in [1.165, 1.54) is 6.07 Å². The van der Waals surface area contributed by atoms with Crippen molar-refractivity contribution in [2.24, 2.45) is 0 Å². The van der Waals surface area contributed by atoms with Gasteiger partial charge in [-0.25, -0.2) is 4.90 Å². The molecule has 106 valence electrons. The Morgan fingerprint density at radius 3 is 2.43 bits per heavy atom. The van der Waals surface area contributed by atoms with E-state index >= 15 is 0 Å². The summed E-state index contributed by atoms with van der Waals surface area (Å²) in [4.78, 5) is 26.1. The van der Waals surface area contributed by atoms with Crippen molar-refractivity contribution < 1.29 is 9.59 Å². The van der Waals surface area contributed by atoms with Gasteiger partial charge < -0.3 is 11.5 Å². The van der Waals surface area contributed by atoms with Gasteiger partial charge in [-0.15, -0.1) is 0 Å². The monoisotopic (exact) mass is 301 g/mol. The first-order chi connectivity index (χ1) is 9.91. The second-order valence-electron chi connectivity index (χ2n) is 4.88. The van der Waals surface area contributed by atoms with Crippen LogP contribution in [-0.4, -0.2) is 11.8 Å². The summed E-state index contributed by atoms with van der Waals surface area (Å²) in [7, 11) is 0. The van der Waals surface area contributed by atoms with Gasteiger partial charge in [-0.1, -0.05) is 17.7 Å². The van der Waals surface area contributed by atoms with Gasteiger partial charge in [0.15, 0.2) is 0 Å². The van der Waals surface area contributed by atoms with Crippen LogP contribution in [0.2, 0.25) is 5.02 Å². The van der Waals surface area contributed by atoms with Gasteiger partial charge in [-0.2, -0.15) is 0 Å². The quantitative estimate of drug-likeness (QED) is 0.626. The Morgan fingerprint density at radius 1 is 1.05 bits per heavy atom. The fourth-order valence-electron chi connectivity index (χ4n) is 2.46. The molecule has 3 rings (SSSR count). The third-order valence-corrected chi connectivity index (χ3v) is 3.83. The Labute approximate surface area is 126 Å². The van der Waals surface area contributed by atoms with E-state index in [9.17, 15) is 9.59 Å². The molecule has 0 saturated carbocycles. The van der Waals surface area contributed by atoms with Gasteiger partial charge in [0.05, 0.1) is 27.5 Å². The summed E-state index contributed by atoms with van der Waals surface area (Å²) in [6, 6.07) is 7.97. The van der Waals surface area contributed by atoms with Crippen molar-refractivity contribution >= 4 is 40.5 Å². The number of benzene rings is 2. The molecule has 0 fully saturated rings. The molecule has 4 N–H and O–H groups in total. The molecule has 6 heteroatoms. The third kappa shape index (κ3) is 1.86. The predicted molar refractivity (Wildman–Crippen MR) is 82.6 cm³/mol. The Morgan fingerprint density at radius 2 is 1.76 bits per heavy atom. The number of fused-ring (bicyclic) bond motifs is 1. The molecule has 0 radical (unpaired) electrons. The highest BCUT2D eigenvalue weighted by molar-refractivity contribution is 6.37. The van der Waals surface area contributed by atoms with E-state index < -0.39 is 11.8 Å². The summed E-state index contributed by atoms with van der Waals surface area (Å²) in [6.45, 7) is 1.76. The number of aryl methyl sites for hydroxylation is 1. The molecular weight excluding hydrogens is 290 g/mol. The van der Waals surface area contributed by atoms with Crippen LogP contribution in [0.4, 0.5) is 17.1 Å². The van der Waals surface area contributed by atoms with Crippen LogP contribution in [-0.2, 0) is 0 Å². The summed E-state index contributed by atoms with van der Waals surface area (Å²) in [5.74, 6) is -0.858. The number of rotatable bonds is 1. The smallest absolute Gasteiger partial charge is 0.268 e. The van der Waals surface area contributed by atoms with Crippen LogP contribution >= 0.6 is 11.6 Å². The predicted octanol–water partition coefficient (Wildman–Crippen LogP) is 2.61. The molecule has 21 heavy (non-hydrogen) atoms. The van der Waals surface area contributed by atoms with E-state index in [-0.39, 0.29) is 11.3 Å². The molecule has 1 aliphatic rings. The fourth-order valence-corrected chi connectivity index (χ4v) is 2.62. The van der Waals surface area contributed by atoms with Crippen LogP contribution in [0.1, 0.15) is 26.3 Å². The Bertz CT molecular complexity index is 802. The SMILES string of the molecule is Cc1cc(N)c(Cl)cc1N1C(=O)c2cccc(N)c2C1=O. The molecule has 5 nitrogen and oxygen atoms in total. The molecule has 0 aliphatic carbocycles. The van der Waals surface area contributed by atoms with E-state index in [1.807, 2.05) is 0 Å². The van der Waals surface area contributed by atoms with Crippen LogP contribution in [0.25, 0.3) is 0 Å². The van der Waals surface area contributed by atoms with Crippen molar-refractivity contribution in [2.45, 2.75) is 6.92 Å². The number of halogens is 1. The first-order valence-electron chi connectivity index (χ1n) is 6.24. The highest BCUT2D eigenvalue weighted by Gasteiger charge is 2.38. The van der Waals surface area contributed by atoms with Gasteiger partial charge in [0.25, 0.3) is 11.8 Å². The third-order valence-electron chi connectivity index (χ3n) is 3.50. The molecule has 0 atom stereocenters. The maximum absolute atomic E-state index is 12.5. The van der Waals surface area contributed by atoms with Gasteiger partial charge in [-0.3, -0.25) is 9.59 Å². The second kappa shape index (κ2) is 4.49. The number of nitrogens with two attached hydrogens (primary N) is 2. The number of anilines is 3. The maximum Gasteiger partial charge on any atom is 0.268 e.